The van der Waals surface area contributed by atoms with Crippen molar-refractivity contribution in [1.82, 2.24) is 24.2 Å². The fourth-order valence-corrected chi connectivity index (χ4v) is 3.84. The number of fused-ring (bicyclic) bond motifs is 1. The third-order valence-electron chi connectivity index (χ3n) is 5.53. The van der Waals surface area contributed by atoms with Gasteiger partial charge in [-0.1, -0.05) is 24.3 Å². The van der Waals surface area contributed by atoms with Crippen molar-refractivity contribution in [3.8, 4) is 11.5 Å². The molecule has 35 heavy (non-hydrogen) atoms. The predicted molar refractivity (Wildman–Crippen MR) is 126 cm³/mol. The number of methoxy groups -OCH3 is 2. The summed E-state index contributed by atoms with van der Waals surface area (Å²) in [5, 5.41) is 6.95. The first-order chi connectivity index (χ1) is 16.8. The van der Waals surface area contributed by atoms with Gasteiger partial charge in [0.05, 0.1) is 26.3 Å². The van der Waals surface area contributed by atoms with Crippen LogP contribution >= 0.6 is 0 Å². The Balaban J connectivity index is 1.65. The summed E-state index contributed by atoms with van der Waals surface area (Å²) in [7, 11) is 4.65. The molecule has 0 atom stereocenters. The average Bonchev–Trinajstić information content (AvgIpc) is 3.25. The van der Waals surface area contributed by atoms with E-state index in [1.807, 2.05) is 0 Å². The van der Waals surface area contributed by atoms with Gasteiger partial charge in [-0.2, -0.15) is 5.10 Å². The van der Waals surface area contributed by atoms with E-state index in [0.29, 0.717) is 22.6 Å². The fourth-order valence-electron chi connectivity index (χ4n) is 3.84. The molecular weight excluding hydrogens is 457 g/mol. The normalized spacial score (nSPS) is 11.0. The zero-order chi connectivity index (χ0) is 25.1. The molecule has 1 amide bonds. The number of nitrogens with one attached hydrogen (secondary N) is 1. The lowest BCUT2D eigenvalue weighted by Crippen LogP contribution is -2.42. The zero-order valence-corrected chi connectivity index (χ0v) is 19.4. The lowest BCUT2D eigenvalue weighted by Gasteiger charge is -2.14. The molecule has 2 heterocycles. The highest BCUT2D eigenvalue weighted by Gasteiger charge is 2.19. The third-order valence-corrected chi connectivity index (χ3v) is 5.53. The molecule has 4 aromatic rings. The number of hydrogen-bond donors (Lipinski definition) is 1. The van der Waals surface area contributed by atoms with Gasteiger partial charge in [-0.05, 0) is 23.8 Å². The van der Waals surface area contributed by atoms with Crippen molar-refractivity contribution in [3.63, 3.8) is 0 Å². The smallest absolute Gasteiger partial charge is 0.332 e. The van der Waals surface area contributed by atoms with Crippen LogP contribution in [0.3, 0.4) is 0 Å². The van der Waals surface area contributed by atoms with Crippen LogP contribution in [0, 0.1) is 5.82 Å². The van der Waals surface area contributed by atoms with Gasteiger partial charge in [0.1, 0.15) is 12.4 Å². The number of aromatic nitrogens is 4. The Morgan fingerprint density at radius 1 is 1.06 bits per heavy atom. The molecule has 0 radical (unpaired) electrons. The second kappa shape index (κ2) is 9.84. The molecule has 10 nitrogen and oxygen atoms in total. The van der Waals surface area contributed by atoms with Crippen LogP contribution in [0.5, 0.6) is 11.5 Å². The second-order valence-electron chi connectivity index (χ2n) is 7.85. The second-order valence-corrected chi connectivity index (χ2v) is 7.85. The van der Waals surface area contributed by atoms with Gasteiger partial charge in [0.2, 0.25) is 5.91 Å². The number of aryl methyl sites for hydroxylation is 1. The molecule has 0 saturated heterocycles. The Labute approximate surface area is 199 Å². The monoisotopic (exact) mass is 481 g/mol. The molecular formula is C24H24FN5O5. The largest absolute Gasteiger partial charge is 0.493 e. The Bertz CT molecular complexity index is 1500. The van der Waals surface area contributed by atoms with Crippen molar-refractivity contribution in [1.29, 1.82) is 0 Å². The lowest BCUT2D eigenvalue weighted by molar-refractivity contribution is -0.121. The summed E-state index contributed by atoms with van der Waals surface area (Å²) in [5.41, 5.74) is 0.285. The summed E-state index contributed by atoms with van der Waals surface area (Å²) in [5.74, 6) is 0.146. The van der Waals surface area contributed by atoms with Gasteiger partial charge < -0.3 is 14.8 Å². The van der Waals surface area contributed by atoms with Gasteiger partial charge in [-0.15, -0.1) is 0 Å². The topological polar surface area (TPSA) is 109 Å². The molecule has 0 aliphatic rings. The maximum atomic E-state index is 13.3. The van der Waals surface area contributed by atoms with Gasteiger partial charge in [0.15, 0.2) is 17.0 Å². The van der Waals surface area contributed by atoms with E-state index >= 15 is 0 Å². The minimum Gasteiger partial charge on any atom is -0.493 e. The van der Waals surface area contributed by atoms with E-state index in [-0.39, 0.29) is 30.7 Å². The number of halogens is 1. The Kier molecular flexibility index (Phi) is 6.67. The quantitative estimate of drug-likeness (QED) is 0.408. The minimum atomic E-state index is -0.672. The molecule has 0 spiro atoms. The van der Waals surface area contributed by atoms with Gasteiger partial charge in [0, 0.05) is 25.4 Å². The molecule has 2 aromatic heterocycles. The van der Waals surface area contributed by atoms with E-state index in [2.05, 4.69) is 10.4 Å². The number of nitrogens with zero attached hydrogens (tertiary/aromatic N) is 4. The van der Waals surface area contributed by atoms with E-state index in [9.17, 15) is 18.8 Å². The first kappa shape index (κ1) is 23.7. The number of para-hydroxylation sites is 1. The van der Waals surface area contributed by atoms with E-state index in [1.54, 1.807) is 25.2 Å². The first-order valence-electron chi connectivity index (χ1n) is 10.7. The third kappa shape index (κ3) is 4.79. The minimum absolute atomic E-state index is 0.0523. The zero-order valence-electron chi connectivity index (χ0n) is 19.4. The molecule has 0 unspecified atom stereocenters. The molecule has 11 heteroatoms. The fraction of sp³-hybridized carbons (Fsp3) is 0.250. The van der Waals surface area contributed by atoms with Gasteiger partial charge in [0.25, 0.3) is 5.56 Å². The molecule has 0 bridgehead atoms. The summed E-state index contributed by atoms with van der Waals surface area (Å²) in [4.78, 5) is 39.1. The van der Waals surface area contributed by atoms with Gasteiger partial charge in [-0.3, -0.25) is 23.4 Å². The maximum absolute atomic E-state index is 13.3. The van der Waals surface area contributed by atoms with Crippen molar-refractivity contribution < 1.29 is 18.7 Å². The van der Waals surface area contributed by atoms with Crippen molar-refractivity contribution in [2.75, 3.05) is 14.2 Å². The van der Waals surface area contributed by atoms with Crippen LogP contribution in [0.25, 0.3) is 11.0 Å². The van der Waals surface area contributed by atoms with Crippen molar-refractivity contribution in [3.05, 3.63) is 86.4 Å². The van der Waals surface area contributed by atoms with E-state index < -0.39 is 23.0 Å². The summed E-state index contributed by atoms with van der Waals surface area (Å²) in [6.45, 7) is -0.288. The molecule has 0 fully saturated rings. The number of carbonyl (C=O) groups is 1. The SMILES string of the molecule is COc1cccc(CNC(=O)Cn2c(=O)n(Cc3ccc(F)cc3)c(=O)c3nn(C)cc32)c1OC. The molecule has 0 aliphatic carbocycles. The number of carbonyl (C=O) groups excluding carboxylic acids is 1. The van der Waals surface area contributed by atoms with Crippen LogP contribution in [0.2, 0.25) is 0 Å². The Morgan fingerprint density at radius 3 is 2.49 bits per heavy atom. The summed E-state index contributed by atoms with van der Waals surface area (Å²) < 4.78 is 27.5. The van der Waals surface area contributed by atoms with Crippen LogP contribution in [0.4, 0.5) is 4.39 Å². The highest BCUT2D eigenvalue weighted by atomic mass is 19.1. The van der Waals surface area contributed by atoms with Crippen molar-refractivity contribution in [2.24, 2.45) is 7.05 Å². The van der Waals surface area contributed by atoms with Crippen LogP contribution < -0.4 is 26.0 Å². The van der Waals surface area contributed by atoms with Crippen LogP contribution in [0.15, 0.2) is 58.3 Å². The van der Waals surface area contributed by atoms with Gasteiger partial charge >= 0.3 is 5.69 Å². The lowest BCUT2D eigenvalue weighted by atomic mass is 10.2. The van der Waals surface area contributed by atoms with Crippen LogP contribution in [-0.2, 0) is 31.5 Å². The van der Waals surface area contributed by atoms with Crippen molar-refractivity contribution in [2.45, 2.75) is 19.6 Å². The number of ether oxygens (including phenoxy) is 2. The van der Waals surface area contributed by atoms with Crippen molar-refractivity contribution >= 4 is 16.9 Å². The Hall–Kier alpha value is -4.41. The molecule has 4 rings (SSSR count). The maximum Gasteiger partial charge on any atom is 0.332 e. The molecule has 0 aliphatic heterocycles. The molecule has 0 saturated carbocycles. The van der Waals surface area contributed by atoms with Gasteiger partial charge in [-0.25, -0.2) is 9.18 Å². The predicted octanol–water partition coefficient (Wildman–Crippen LogP) is 1.42. The average molecular weight is 481 g/mol. The summed E-state index contributed by atoms with van der Waals surface area (Å²) in [6.07, 6.45) is 1.51. The molecule has 182 valence electrons. The van der Waals surface area contributed by atoms with Crippen LogP contribution in [-0.4, -0.2) is 39.0 Å². The summed E-state index contributed by atoms with van der Waals surface area (Å²) >= 11 is 0. The highest BCUT2D eigenvalue weighted by molar-refractivity contribution is 5.79. The van der Waals surface area contributed by atoms with E-state index in [4.69, 9.17) is 9.47 Å². The Morgan fingerprint density at radius 2 is 1.80 bits per heavy atom. The molecule has 1 N–H and O–H groups in total. The number of rotatable bonds is 8. The number of benzene rings is 2. The van der Waals surface area contributed by atoms with Crippen LogP contribution in [0.1, 0.15) is 11.1 Å². The standard InChI is InChI=1S/C24H24FN5O5/c1-28-13-18-21(27-28)23(32)30(12-15-7-9-17(25)10-8-15)24(33)29(18)14-20(31)26-11-16-5-4-6-19(34-2)22(16)35-3/h4-10,13H,11-12,14H2,1-3H3,(H,26,31). The highest BCUT2D eigenvalue weighted by Crippen LogP contribution is 2.30. The van der Waals surface area contributed by atoms with E-state index in [0.717, 1.165) is 4.57 Å². The van der Waals surface area contributed by atoms with E-state index in [1.165, 1.54) is 53.9 Å². The first-order valence-corrected chi connectivity index (χ1v) is 10.7. The molecule has 2 aromatic carbocycles. The summed E-state index contributed by atoms with van der Waals surface area (Å²) in [6, 6.07) is 10.8. The number of amides is 1. The number of hydrogen-bond acceptors (Lipinski definition) is 6.